The van der Waals surface area contributed by atoms with Gasteiger partial charge in [0.05, 0.1) is 0 Å². The quantitative estimate of drug-likeness (QED) is 0.687. The monoisotopic (exact) mass is 221 g/mol. The first-order valence-electron chi connectivity index (χ1n) is 5.95. The molecule has 16 heavy (non-hydrogen) atoms. The minimum atomic E-state index is 0.291. The van der Waals surface area contributed by atoms with Gasteiger partial charge in [0.2, 0.25) is 0 Å². The van der Waals surface area contributed by atoms with E-state index in [1.165, 1.54) is 0 Å². The number of rotatable bonds is 7. The molecule has 0 fully saturated rings. The molecule has 0 saturated carbocycles. The molecule has 90 valence electrons. The summed E-state index contributed by atoms with van der Waals surface area (Å²) >= 11 is 0. The highest BCUT2D eigenvalue weighted by molar-refractivity contribution is 5.03. The molecule has 1 heterocycles. The Morgan fingerprint density at radius 1 is 1.38 bits per heavy atom. The minimum absolute atomic E-state index is 0.291. The van der Waals surface area contributed by atoms with Crippen LogP contribution in [0.25, 0.3) is 0 Å². The zero-order valence-corrected chi connectivity index (χ0v) is 10.4. The van der Waals surface area contributed by atoms with E-state index in [1.807, 2.05) is 18.3 Å². The number of nitrogens with one attached hydrogen (secondary N) is 1. The van der Waals surface area contributed by atoms with Gasteiger partial charge in [-0.15, -0.1) is 0 Å². The number of hydrogen-bond donors (Lipinski definition) is 2. The van der Waals surface area contributed by atoms with Crippen molar-refractivity contribution in [2.45, 2.75) is 26.7 Å². The van der Waals surface area contributed by atoms with E-state index in [9.17, 15) is 0 Å². The Bertz CT molecular complexity index is 282. The van der Waals surface area contributed by atoms with E-state index in [1.54, 1.807) is 0 Å². The van der Waals surface area contributed by atoms with E-state index < -0.39 is 0 Å². The summed E-state index contributed by atoms with van der Waals surface area (Å²) in [4.78, 5) is 4.29. The maximum atomic E-state index is 5.57. The molecule has 0 aromatic carbocycles. The first kappa shape index (κ1) is 13.1. The van der Waals surface area contributed by atoms with Crippen LogP contribution in [0.4, 0.5) is 0 Å². The Labute approximate surface area is 98.5 Å². The summed E-state index contributed by atoms with van der Waals surface area (Å²) in [7, 11) is 0. The molecule has 0 aliphatic heterocycles. The number of nitrogens with two attached hydrogens (primary N) is 1. The van der Waals surface area contributed by atoms with E-state index in [0.29, 0.717) is 5.41 Å². The first-order valence-corrected chi connectivity index (χ1v) is 5.95. The molecule has 1 aromatic rings. The van der Waals surface area contributed by atoms with Gasteiger partial charge in [-0.1, -0.05) is 19.9 Å². The third kappa shape index (κ3) is 5.24. The standard InChI is InChI=1S/C13H23N3/c1-13(2,7-8-14)11-15-10-6-12-5-3-4-9-16-12/h3-5,9,15H,6-8,10-11,14H2,1-2H3. The van der Waals surface area contributed by atoms with Crippen molar-refractivity contribution < 1.29 is 0 Å². The average molecular weight is 221 g/mol. The van der Waals surface area contributed by atoms with Gasteiger partial charge in [-0.2, -0.15) is 0 Å². The summed E-state index contributed by atoms with van der Waals surface area (Å²) < 4.78 is 0. The van der Waals surface area contributed by atoms with E-state index in [0.717, 1.165) is 38.2 Å². The molecule has 3 heteroatoms. The first-order chi connectivity index (χ1) is 7.64. The molecule has 0 saturated heterocycles. The lowest BCUT2D eigenvalue weighted by Crippen LogP contribution is -2.32. The van der Waals surface area contributed by atoms with Crippen molar-refractivity contribution in [3.05, 3.63) is 30.1 Å². The Kier molecular flexibility index (Phi) is 5.43. The summed E-state index contributed by atoms with van der Waals surface area (Å²) in [6.45, 7) is 7.23. The highest BCUT2D eigenvalue weighted by Gasteiger charge is 2.15. The molecular formula is C13H23N3. The molecule has 3 N–H and O–H groups in total. The van der Waals surface area contributed by atoms with Crippen LogP contribution in [-0.2, 0) is 6.42 Å². The minimum Gasteiger partial charge on any atom is -0.330 e. The van der Waals surface area contributed by atoms with Crippen molar-refractivity contribution in [3.63, 3.8) is 0 Å². The largest absolute Gasteiger partial charge is 0.330 e. The van der Waals surface area contributed by atoms with Gasteiger partial charge in [0.15, 0.2) is 0 Å². The lowest BCUT2D eigenvalue weighted by Gasteiger charge is -2.24. The number of hydrogen-bond acceptors (Lipinski definition) is 3. The zero-order chi connectivity index (χ0) is 11.9. The highest BCUT2D eigenvalue weighted by Crippen LogP contribution is 2.17. The molecule has 1 rings (SSSR count). The topological polar surface area (TPSA) is 50.9 Å². The zero-order valence-electron chi connectivity index (χ0n) is 10.4. The second kappa shape index (κ2) is 6.61. The van der Waals surface area contributed by atoms with Gasteiger partial charge < -0.3 is 11.1 Å². The summed E-state index contributed by atoms with van der Waals surface area (Å²) in [5, 5.41) is 3.46. The van der Waals surface area contributed by atoms with Gasteiger partial charge in [-0.25, -0.2) is 0 Å². The van der Waals surface area contributed by atoms with Gasteiger partial charge in [0, 0.05) is 31.4 Å². The summed E-state index contributed by atoms with van der Waals surface area (Å²) in [6.07, 6.45) is 3.89. The third-order valence-electron chi connectivity index (χ3n) is 2.71. The molecule has 0 radical (unpaired) electrons. The Morgan fingerprint density at radius 3 is 2.81 bits per heavy atom. The predicted molar refractivity (Wildman–Crippen MR) is 68.3 cm³/mol. The molecule has 0 unspecified atom stereocenters. The van der Waals surface area contributed by atoms with Crippen LogP contribution >= 0.6 is 0 Å². The van der Waals surface area contributed by atoms with Gasteiger partial charge in [-0.05, 0) is 30.5 Å². The van der Waals surface area contributed by atoms with E-state index >= 15 is 0 Å². The van der Waals surface area contributed by atoms with Crippen LogP contribution in [-0.4, -0.2) is 24.6 Å². The maximum absolute atomic E-state index is 5.57. The van der Waals surface area contributed by atoms with E-state index in [2.05, 4.69) is 30.2 Å². The van der Waals surface area contributed by atoms with Crippen molar-refractivity contribution in [2.24, 2.45) is 11.1 Å². The van der Waals surface area contributed by atoms with Crippen LogP contribution in [0.2, 0.25) is 0 Å². The van der Waals surface area contributed by atoms with Gasteiger partial charge in [0.1, 0.15) is 0 Å². The van der Waals surface area contributed by atoms with Crippen LogP contribution in [0.3, 0.4) is 0 Å². The normalized spacial score (nSPS) is 11.7. The Hall–Kier alpha value is -0.930. The highest BCUT2D eigenvalue weighted by atomic mass is 14.9. The summed E-state index contributed by atoms with van der Waals surface area (Å²) in [5.74, 6) is 0. The van der Waals surface area contributed by atoms with Gasteiger partial charge in [-0.3, -0.25) is 4.98 Å². The molecule has 0 amide bonds. The third-order valence-corrected chi connectivity index (χ3v) is 2.71. The SMILES string of the molecule is CC(C)(CCN)CNCCc1ccccn1. The van der Waals surface area contributed by atoms with Crippen molar-refractivity contribution in [2.75, 3.05) is 19.6 Å². The van der Waals surface area contributed by atoms with E-state index in [-0.39, 0.29) is 0 Å². The summed E-state index contributed by atoms with van der Waals surface area (Å²) in [5.41, 5.74) is 7.01. The molecule has 0 atom stereocenters. The lowest BCUT2D eigenvalue weighted by molar-refractivity contribution is 0.320. The van der Waals surface area contributed by atoms with Crippen molar-refractivity contribution >= 4 is 0 Å². The molecule has 0 spiro atoms. The number of pyridine rings is 1. The van der Waals surface area contributed by atoms with Crippen LogP contribution in [0.1, 0.15) is 26.0 Å². The second-order valence-corrected chi connectivity index (χ2v) is 4.95. The molecule has 0 aliphatic rings. The fraction of sp³-hybridized carbons (Fsp3) is 0.615. The van der Waals surface area contributed by atoms with Crippen LogP contribution in [0.15, 0.2) is 24.4 Å². The second-order valence-electron chi connectivity index (χ2n) is 4.95. The van der Waals surface area contributed by atoms with Gasteiger partial charge in [0.25, 0.3) is 0 Å². The molecule has 0 aliphatic carbocycles. The van der Waals surface area contributed by atoms with Crippen LogP contribution in [0.5, 0.6) is 0 Å². The average Bonchev–Trinajstić information content (AvgIpc) is 2.26. The lowest BCUT2D eigenvalue weighted by atomic mass is 9.89. The molecule has 3 nitrogen and oxygen atoms in total. The van der Waals surface area contributed by atoms with E-state index in [4.69, 9.17) is 5.73 Å². The smallest absolute Gasteiger partial charge is 0.0416 e. The van der Waals surface area contributed by atoms with Crippen LogP contribution < -0.4 is 11.1 Å². The van der Waals surface area contributed by atoms with Crippen molar-refractivity contribution in [1.82, 2.24) is 10.3 Å². The Morgan fingerprint density at radius 2 is 2.19 bits per heavy atom. The Balaban J connectivity index is 2.17. The number of aromatic nitrogens is 1. The van der Waals surface area contributed by atoms with Crippen LogP contribution in [0, 0.1) is 5.41 Å². The van der Waals surface area contributed by atoms with Gasteiger partial charge >= 0.3 is 0 Å². The van der Waals surface area contributed by atoms with Crippen molar-refractivity contribution in [1.29, 1.82) is 0 Å². The summed E-state index contributed by atoms with van der Waals surface area (Å²) in [6, 6.07) is 6.04. The molecule has 0 bridgehead atoms. The fourth-order valence-corrected chi connectivity index (χ4v) is 1.67. The molecular weight excluding hydrogens is 198 g/mol. The number of nitrogens with zero attached hydrogens (tertiary/aromatic N) is 1. The van der Waals surface area contributed by atoms with Crippen molar-refractivity contribution in [3.8, 4) is 0 Å². The molecule has 1 aromatic heterocycles. The fourth-order valence-electron chi connectivity index (χ4n) is 1.67. The predicted octanol–water partition coefficient (Wildman–Crippen LogP) is 1.59. The maximum Gasteiger partial charge on any atom is 0.0416 e.